The topological polar surface area (TPSA) is 49.8 Å². The Labute approximate surface area is 130 Å². The quantitative estimate of drug-likeness (QED) is 0.946. The SMILES string of the molecule is COc1cccc2c1CN(C(=O)c1cccc(CO)c1)CC2. The fraction of sp³-hybridized carbons (Fsp3) is 0.278. The number of methoxy groups -OCH3 is 1. The lowest BCUT2D eigenvalue weighted by Gasteiger charge is -2.30. The van der Waals surface area contributed by atoms with E-state index in [-0.39, 0.29) is 12.5 Å². The van der Waals surface area contributed by atoms with Gasteiger partial charge in [-0.25, -0.2) is 0 Å². The molecule has 0 spiro atoms. The molecule has 0 aromatic heterocycles. The predicted octanol–water partition coefficient (Wildman–Crippen LogP) is 2.39. The van der Waals surface area contributed by atoms with Crippen LogP contribution in [0.2, 0.25) is 0 Å². The van der Waals surface area contributed by atoms with Crippen molar-refractivity contribution in [1.29, 1.82) is 0 Å². The zero-order valence-electron chi connectivity index (χ0n) is 12.6. The van der Waals surface area contributed by atoms with Crippen LogP contribution in [0.1, 0.15) is 27.0 Å². The molecule has 0 aliphatic carbocycles. The first-order chi connectivity index (χ1) is 10.7. The number of carbonyl (C=O) groups excluding carboxylic acids is 1. The van der Waals surface area contributed by atoms with Crippen molar-refractivity contribution in [3.05, 3.63) is 64.7 Å². The highest BCUT2D eigenvalue weighted by molar-refractivity contribution is 5.94. The Hall–Kier alpha value is -2.33. The first kappa shape index (κ1) is 14.6. The average molecular weight is 297 g/mol. The summed E-state index contributed by atoms with van der Waals surface area (Å²) in [6.07, 6.45) is 0.831. The average Bonchev–Trinajstić information content (AvgIpc) is 2.60. The van der Waals surface area contributed by atoms with Crippen LogP contribution in [-0.2, 0) is 19.6 Å². The summed E-state index contributed by atoms with van der Waals surface area (Å²) < 4.78 is 5.41. The second-order valence-electron chi connectivity index (χ2n) is 5.43. The number of aliphatic hydroxyl groups is 1. The Bertz CT molecular complexity index is 682. The summed E-state index contributed by atoms with van der Waals surface area (Å²) >= 11 is 0. The summed E-state index contributed by atoms with van der Waals surface area (Å²) in [4.78, 5) is 14.5. The van der Waals surface area contributed by atoms with Crippen molar-refractivity contribution in [2.24, 2.45) is 0 Å². The molecular formula is C18H19NO3. The van der Waals surface area contributed by atoms with Crippen LogP contribution >= 0.6 is 0 Å². The van der Waals surface area contributed by atoms with Gasteiger partial charge in [-0.1, -0.05) is 24.3 Å². The maximum absolute atomic E-state index is 12.7. The highest BCUT2D eigenvalue weighted by Crippen LogP contribution is 2.28. The number of hydrogen-bond donors (Lipinski definition) is 1. The van der Waals surface area contributed by atoms with E-state index in [9.17, 15) is 9.90 Å². The van der Waals surface area contributed by atoms with Gasteiger partial charge in [0.15, 0.2) is 0 Å². The van der Waals surface area contributed by atoms with E-state index in [0.29, 0.717) is 18.7 Å². The van der Waals surface area contributed by atoms with Crippen molar-refractivity contribution in [2.75, 3.05) is 13.7 Å². The van der Waals surface area contributed by atoms with Crippen molar-refractivity contribution in [1.82, 2.24) is 4.90 Å². The predicted molar refractivity (Wildman–Crippen MR) is 83.8 cm³/mol. The summed E-state index contributed by atoms with van der Waals surface area (Å²) in [5.74, 6) is 0.825. The standard InChI is InChI=1S/C18H19NO3/c1-22-17-7-3-5-14-8-9-19(11-16(14)17)18(21)15-6-2-4-13(10-15)12-20/h2-7,10,20H,8-9,11-12H2,1H3. The molecule has 1 aliphatic heterocycles. The lowest BCUT2D eigenvalue weighted by molar-refractivity contribution is 0.0733. The fourth-order valence-electron chi connectivity index (χ4n) is 2.90. The molecule has 114 valence electrons. The van der Waals surface area contributed by atoms with Crippen molar-refractivity contribution in [3.63, 3.8) is 0 Å². The molecule has 0 fully saturated rings. The second-order valence-corrected chi connectivity index (χ2v) is 5.43. The summed E-state index contributed by atoms with van der Waals surface area (Å²) in [6, 6.07) is 13.2. The van der Waals surface area contributed by atoms with Gasteiger partial charge in [-0.2, -0.15) is 0 Å². The minimum absolute atomic E-state index is 0.00754. The molecule has 2 aromatic rings. The number of nitrogens with zero attached hydrogens (tertiary/aromatic N) is 1. The van der Waals surface area contributed by atoms with Gasteiger partial charge in [-0.05, 0) is 35.7 Å². The van der Waals surface area contributed by atoms with Crippen molar-refractivity contribution in [2.45, 2.75) is 19.6 Å². The number of rotatable bonds is 3. The zero-order valence-corrected chi connectivity index (χ0v) is 12.6. The molecule has 1 N–H and O–H groups in total. The van der Waals surface area contributed by atoms with Gasteiger partial charge in [0, 0.05) is 24.2 Å². The van der Waals surface area contributed by atoms with Crippen LogP contribution in [0.4, 0.5) is 0 Å². The number of aliphatic hydroxyl groups excluding tert-OH is 1. The number of hydrogen-bond acceptors (Lipinski definition) is 3. The Kier molecular flexibility index (Phi) is 4.11. The van der Waals surface area contributed by atoms with E-state index in [1.807, 2.05) is 23.1 Å². The molecule has 4 nitrogen and oxygen atoms in total. The molecular weight excluding hydrogens is 278 g/mol. The Morgan fingerprint density at radius 1 is 1.27 bits per heavy atom. The first-order valence-electron chi connectivity index (χ1n) is 7.36. The van der Waals surface area contributed by atoms with Crippen LogP contribution in [0.15, 0.2) is 42.5 Å². The molecule has 1 aliphatic rings. The van der Waals surface area contributed by atoms with Gasteiger partial charge < -0.3 is 14.7 Å². The van der Waals surface area contributed by atoms with Crippen LogP contribution in [0.3, 0.4) is 0 Å². The largest absolute Gasteiger partial charge is 0.496 e. The maximum Gasteiger partial charge on any atom is 0.254 e. The highest BCUT2D eigenvalue weighted by atomic mass is 16.5. The molecule has 0 saturated heterocycles. The van der Waals surface area contributed by atoms with Crippen LogP contribution < -0.4 is 4.74 Å². The van der Waals surface area contributed by atoms with E-state index >= 15 is 0 Å². The lowest BCUT2D eigenvalue weighted by atomic mass is 9.98. The van der Waals surface area contributed by atoms with Gasteiger partial charge in [-0.15, -0.1) is 0 Å². The molecule has 0 unspecified atom stereocenters. The van der Waals surface area contributed by atoms with Crippen LogP contribution in [0, 0.1) is 0 Å². The van der Waals surface area contributed by atoms with E-state index in [0.717, 1.165) is 23.3 Å². The summed E-state index contributed by atoms with van der Waals surface area (Å²) in [7, 11) is 1.65. The molecule has 22 heavy (non-hydrogen) atoms. The van der Waals surface area contributed by atoms with Crippen LogP contribution in [0.5, 0.6) is 5.75 Å². The van der Waals surface area contributed by atoms with Gasteiger partial charge in [0.1, 0.15) is 5.75 Å². The third-order valence-electron chi connectivity index (χ3n) is 4.09. The third kappa shape index (κ3) is 2.70. The monoisotopic (exact) mass is 297 g/mol. The van der Waals surface area contributed by atoms with Crippen molar-refractivity contribution >= 4 is 5.91 Å². The van der Waals surface area contributed by atoms with Crippen LogP contribution in [-0.4, -0.2) is 29.6 Å². The van der Waals surface area contributed by atoms with Gasteiger partial charge >= 0.3 is 0 Å². The van der Waals surface area contributed by atoms with Gasteiger partial charge in [0.05, 0.1) is 13.7 Å². The Balaban J connectivity index is 1.86. The van der Waals surface area contributed by atoms with Gasteiger partial charge in [-0.3, -0.25) is 4.79 Å². The second kappa shape index (κ2) is 6.20. The molecule has 1 heterocycles. The molecule has 0 radical (unpaired) electrons. The molecule has 0 atom stereocenters. The Morgan fingerprint density at radius 2 is 2.09 bits per heavy atom. The third-order valence-corrected chi connectivity index (χ3v) is 4.09. The molecule has 4 heteroatoms. The molecule has 1 amide bonds. The van der Waals surface area contributed by atoms with Crippen molar-refractivity contribution < 1.29 is 14.6 Å². The van der Waals surface area contributed by atoms with E-state index in [2.05, 4.69) is 6.07 Å². The van der Waals surface area contributed by atoms with E-state index in [1.165, 1.54) is 5.56 Å². The molecule has 2 aromatic carbocycles. The molecule has 0 saturated carbocycles. The maximum atomic E-state index is 12.7. The van der Waals surface area contributed by atoms with E-state index in [1.54, 1.807) is 25.3 Å². The summed E-state index contributed by atoms with van der Waals surface area (Å²) in [6.45, 7) is 1.20. The minimum Gasteiger partial charge on any atom is -0.496 e. The first-order valence-corrected chi connectivity index (χ1v) is 7.36. The normalized spacial score (nSPS) is 13.6. The van der Waals surface area contributed by atoms with E-state index in [4.69, 9.17) is 4.74 Å². The molecule has 3 rings (SSSR count). The van der Waals surface area contributed by atoms with E-state index < -0.39 is 0 Å². The van der Waals surface area contributed by atoms with Gasteiger partial charge in [0.2, 0.25) is 0 Å². The summed E-state index contributed by atoms with van der Waals surface area (Å²) in [5.41, 5.74) is 3.70. The summed E-state index contributed by atoms with van der Waals surface area (Å²) in [5, 5.41) is 9.21. The fourth-order valence-corrected chi connectivity index (χ4v) is 2.90. The smallest absolute Gasteiger partial charge is 0.254 e. The number of ether oxygens (including phenoxy) is 1. The van der Waals surface area contributed by atoms with Crippen LogP contribution in [0.25, 0.3) is 0 Å². The zero-order chi connectivity index (χ0) is 15.5. The lowest BCUT2D eigenvalue weighted by Crippen LogP contribution is -2.36. The highest BCUT2D eigenvalue weighted by Gasteiger charge is 2.24. The number of amides is 1. The number of carbonyl (C=O) groups is 1. The van der Waals surface area contributed by atoms with Crippen molar-refractivity contribution in [3.8, 4) is 5.75 Å². The molecule has 0 bridgehead atoms. The Morgan fingerprint density at radius 3 is 2.86 bits per heavy atom. The van der Waals surface area contributed by atoms with Gasteiger partial charge in [0.25, 0.3) is 5.91 Å². The number of fused-ring (bicyclic) bond motifs is 1. The minimum atomic E-state index is -0.0578. The number of benzene rings is 2.